The number of hydrogen-bond donors (Lipinski definition) is 2. The summed E-state index contributed by atoms with van der Waals surface area (Å²) in [7, 11) is 1.87. The standard InChI is InChI=1S/C20H43N5/c1-6-24(7-2)14-8-10-19(4)23-20(21-5)22-13-9-15-25-16-11-18(3)12-17-25/h18-19H,6-17H2,1-5H3,(H2,21,22,23). The van der Waals surface area contributed by atoms with E-state index in [1.807, 2.05) is 7.05 Å². The first-order valence-corrected chi connectivity index (χ1v) is 10.5. The molecule has 1 heterocycles. The Morgan fingerprint density at radius 2 is 1.88 bits per heavy atom. The Morgan fingerprint density at radius 1 is 1.20 bits per heavy atom. The van der Waals surface area contributed by atoms with Crippen LogP contribution in [0.15, 0.2) is 4.99 Å². The lowest BCUT2D eigenvalue weighted by atomic mass is 9.99. The Morgan fingerprint density at radius 3 is 2.48 bits per heavy atom. The topological polar surface area (TPSA) is 42.9 Å². The van der Waals surface area contributed by atoms with Crippen LogP contribution in [0.4, 0.5) is 0 Å². The lowest BCUT2D eigenvalue weighted by molar-refractivity contribution is 0.191. The molecule has 0 saturated carbocycles. The highest BCUT2D eigenvalue weighted by molar-refractivity contribution is 5.79. The van der Waals surface area contributed by atoms with Crippen LogP contribution in [0.2, 0.25) is 0 Å². The zero-order valence-corrected chi connectivity index (χ0v) is 17.5. The van der Waals surface area contributed by atoms with Crippen LogP contribution in [0, 0.1) is 5.92 Å². The Kier molecular flexibility index (Phi) is 11.9. The second-order valence-corrected chi connectivity index (χ2v) is 7.59. The van der Waals surface area contributed by atoms with Gasteiger partial charge in [0.2, 0.25) is 0 Å². The van der Waals surface area contributed by atoms with E-state index in [4.69, 9.17) is 0 Å². The van der Waals surface area contributed by atoms with Crippen molar-refractivity contribution in [2.45, 2.75) is 65.8 Å². The minimum atomic E-state index is 0.463. The van der Waals surface area contributed by atoms with Crippen molar-refractivity contribution in [3.8, 4) is 0 Å². The molecule has 148 valence electrons. The third-order valence-corrected chi connectivity index (χ3v) is 5.43. The molecule has 25 heavy (non-hydrogen) atoms. The Bertz CT molecular complexity index is 346. The molecule has 1 fully saturated rings. The number of piperidine rings is 1. The van der Waals surface area contributed by atoms with Crippen LogP contribution >= 0.6 is 0 Å². The average molecular weight is 354 g/mol. The number of nitrogens with zero attached hydrogens (tertiary/aromatic N) is 3. The van der Waals surface area contributed by atoms with Crippen molar-refractivity contribution in [1.29, 1.82) is 0 Å². The zero-order chi connectivity index (χ0) is 18.5. The fourth-order valence-electron chi connectivity index (χ4n) is 3.46. The number of rotatable bonds is 11. The highest BCUT2D eigenvalue weighted by Crippen LogP contribution is 2.15. The molecule has 1 aliphatic heterocycles. The van der Waals surface area contributed by atoms with Gasteiger partial charge in [0.05, 0.1) is 0 Å². The van der Waals surface area contributed by atoms with Crippen molar-refractivity contribution < 1.29 is 0 Å². The summed E-state index contributed by atoms with van der Waals surface area (Å²) < 4.78 is 0. The summed E-state index contributed by atoms with van der Waals surface area (Å²) in [5.41, 5.74) is 0. The van der Waals surface area contributed by atoms with Crippen LogP contribution in [0.1, 0.15) is 59.8 Å². The van der Waals surface area contributed by atoms with Gasteiger partial charge in [0.1, 0.15) is 0 Å². The van der Waals surface area contributed by atoms with Gasteiger partial charge in [-0.25, -0.2) is 0 Å². The van der Waals surface area contributed by atoms with Crippen molar-refractivity contribution in [1.82, 2.24) is 20.4 Å². The molecular weight excluding hydrogens is 310 g/mol. The Hall–Kier alpha value is -0.810. The predicted molar refractivity (Wildman–Crippen MR) is 110 cm³/mol. The number of likely N-dealkylation sites (tertiary alicyclic amines) is 1. The van der Waals surface area contributed by atoms with Crippen molar-refractivity contribution in [3.05, 3.63) is 0 Å². The third kappa shape index (κ3) is 10.0. The van der Waals surface area contributed by atoms with Crippen molar-refractivity contribution in [2.75, 3.05) is 52.9 Å². The van der Waals surface area contributed by atoms with Crippen LogP contribution in [-0.4, -0.2) is 74.7 Å². The second-order valence-electron chi connectivity index (χ2n) is 7.59. The van der Waals surface area contributed by atoms with E-state index in [0.29, 0.717) is 6.04 Å². The molecule has 1 saturated heterocycles. The molecule has 5 heteroatoms. The highest BCUT2D eigenvalue weighted by atomic mass is 15.2. The fourth-order valence-corrected chi connectivity index (χ4v) is 3.46. The molecule has 0 spiro atoms. The van der Waals surface area contributed by atoms with Gasteiger partial charge in [-0.1, -0.05) is 20.8 Å². The zero-order valence-electron chi connectivity index (χ0n) is 17.5. The number of hydrogen-bond acceptors (Lipinski definition) is 3. The summed E-state index contributed by atoms with van der Waals surface area (Å²) in [5.74, 6) is 1.86. The van der Waals surface area contributed by atoms with Gasteiger partial charge in [0, 0.05) is 19.6 Å². The van der Waals surface area contributed by atoms with Crippen LogP contribution in [-0.2, 0) is 0 Å². The van der Waals surface area contributed by atoms with E-state index >= 15 is 0 Å². The molecule has 1 aliphatic rings. The van der Waals surface area contributed by atoms with E-state index < -0.39 is 0 Å². The number of nitrogens with one attached hydrogen (secondary N) is 2. The van der Waals surface area contributed by atoms with Gasteiger partial charge in [0.15, 0.2) is 5.96 Å². The molecular formula is C20H43N5. The molecule has 1 unspecified atom stereocenters. The second kappa shape index (κ2) is 13.4. The molecule has 0 aromatic rings. The molecule has 2 N–H and O–H groups in total. The summed E-state index contributed by atoms with van der Waals surface area (Å²) >= 11 is 0. The summed E-state index contributed by atoms with van der Waals surface area (Å²) in [6.45, 7) is 17.3. The van der Waals surface area contributed by atoms with E-state index in [2.05, 4.69) is 53.1 Å². The monoisotopic (exact) mass is 353 g/mol. The maximum Gasteiger partial charge on any atom is 0.191 e. The maximum atomic E-state index is 4.37. The molecule has 0 amide bonds. The SMILES string of the molecule is CCN(CC)CCCC(C)NC(=NC)NCCCN1CCC(C)CC1. The maximum absolute atomic E-state index is 4.37. The molecule has 0 bridgehead atoms. The summed E-state index contributed by atoms with van der Waals surface area (Å²) in [6, 6.07) is 0.463. The molecule has 1 rings (SSSR count). The largest absolute Gasteiger partial charge is 0.356 e. The number of aliphatic imine (C=N–C) groups is 1. The van der Waals surface area contributed by atoms with E-state index in [9.17, 15) is 0 Å². The predicted octanol–water partition coefficient (Wildman–Crippen LogP) is 2.78. The number of guanidine groups is 1. The Labute approximate surface area is 156 Å². The van der Waals surface area contributed by atoms with Gasteiger partial charge >= 0.3 is 0 Å². The van der Waals surface area contributed by atoms with Gasteiger partial charge < -0.3 is 20.4 Å². The molecule has 5 nitrogen and oxygen atoms in total. The quantitative estimate of drug-likeness (QED) is 0.340. The molecule has 0 radical (unpaired) electrons. The van der Waals surface area contributed by atoms with E-state index in [1.165, 1.54) is 58.3 Å². The lowest BCUT2D eigenvalue weighted by Gasteiger charge is -2.30. The lowest BCUT2D eigenvalue weighted by Crippen LogP contribution is -2.43. The van der Waals surface area contributed by atoms with Gasteiger partial charge in [-0.15, -0.1) is 0 Å². The highest BCUT2D eigenvalue weighted by Gasteiger charge is 2.14. The first kappa shape index (κ1) is 22.2. The van der Waals surface area contributed by atoms with Crippen LogP contribution < -0.4 is 10.6 Å². The minimum absolute atomic E-state index is 0.463. The molecule has 0 aromatic carbocycles. The van der Waals surface area contributed by atoms with Crippen LogP contribution in [0.3, 0.4) is 0 Å². The average Bonchev–Trinajstić information content (AvgIpc) is 2.62. The van der Waals surface area contributed by atoms with Crippen LogP contribution in [0.25, 0.3) is 0 Å². The van der Waals surface area contributed by atoms with Crippen LogP contribution in [0.5, 0.6) is 0 Å². The summed E-state index contributed by atoms with van der Waals surface area (Å²) in [6.07, 6.45) is 6.33. The van der Waals surface area contributed by atoms with Crippen molar-refractivity contribution in [3.63, 3.8) is 0 Å². The van der Waals surface area contributed by atoms with E-state index in [0.717, 1.165) is 31.5 Å². The van der Waals surface area contributed by atoms with Gasteiger partial charge in [-0.3, -0.25) is 4.99 Å². The van der Waals surface area contributed by atoms with Crippen molar-refractivity contribution >= 4 is 5.96 Å². The fraction of sp³-hybridized carbons (Fsp3) is 0.950. The van der Waals surface area contributed by atoms with Crippen molar-refractivity contribution in [2.24, 2.45) is 10.9 Å². The van der Waals surface area contributed by atoms with Gasteiger partial charge in [-0.2, -0.15) is 0 Å². The summed E-state index contributed by atoms with van der Waals surface area (Å²) in [5, 5.41) is 7.00. The van der Waals surface area contributed by atoms with Gasteiger partial charge in [-0.05, 0) is 84.2 Å². The van der Waals surface area contributed by atoms with E-state index in [1.54, 1.807) is 0 Å². The molecule has 0 aliphatic carbocycles. The Balaban J connectivity index is 2.10. The normalized spacial score (nSPS) is 18.6. The minimum Gasteiger partial charge on any atom is -0.356 e. The summed E-state index contributed by atoms with van der Waals surface area (Å²) in [4.78, 5) is 9.46. The first-order valence-electron chi connectivity index (χ1n) is 10.5. The molecule has 0 aromatic heterocycles. The van der Waals surface area contributed by atoms with Gasteiger partial charge in [0.25, 0.3) is 0 Å². The smallest absolute Gasteiger partial charge is 0.191 e. The first-order chi connectivity index (χ1) is 12.1. The third-order valence-electron chi connectivity index (χ3n) is 5.43. The van der Waals surface area contributed by atoms with E-state index in [-0.39, 0.29) is 0 Å². The molecule has 1 atom stereocenters.